The fraction of sp³-hybridized carbons (Fsp3) is 0.261. The first-order valence-corrected chi connectivity index (χ1v) is 10.9. The van der Waals surface area contributed by atoms with Crippen LogP contribution in [0.4, 0.5) is 4.39 Å². The number of carbonyl (C=O) groups excluding carboxylic acids is 1. The van der Waals surface area contributed by atoms with Crippen LogP contribution >= 0.6 is 23.2 Å². The van der Waals surface area contributed by atoms with E-state index in [4.69, 9.17) is 27.9 Å². The van der Waals surface area contributed by atoms with Gasteiger partial charge in [0.25, 0.3) is 5.91 Å². The highest BCUT2D eigenvalue weighted by Gasteiger charge is 2.25. The third-order valence-corrected chi connectivity index (χ3v) is 5.15. The zero-order valence-corrected chi connectivity index (χ0v) is 19.8. The largest absolute Gasteiger partial charge is 0.481 e. The summed E-state index contributed by atoms with van der Waals surface area (Å²) in [5, 5.41) is 26.6. The molecule has 34 heavy (non-hydrogen) atoms. The Bertz CT molecular complexity index is 1210. The van der Waals surface area contributed by atoms with Gasteiger partial charge in [-0.3, -0.25) is 9.59 Å². The summed E-state index contributed by atoms with van der Waals surface area (Å²) in [6.45, 7) is 2.89. The summed E-state index contributed by atoms with van der Waals surface area (Å²) >= 11 is 12.1. The van der Waals surface area contributed by atoms with Crippen molar-refractivity contribution >= 4 is 35.1 Å². The van der Waals surface area contributed by atoms with Gasteiger partial charge in [-0.1, -0.05) is 41.4 Å². The molecule has 0 aliphatic heterocycles. The Kier molecular flexibility index (Phi) is 7.81. The summed E-state index contributed by atoms with van der Waals surface area (Å²) in [4.78, 5) is 24.4. The summed E-state index contributed by atoms with van der Waals surface area (Å²) in [7, 11) is 0. The van der Waals surface area contributed by atoms with Crippen LogP contribution in [0.15, 0.2) is 48.5 Å². The number of halogens is 3. The van der Waals surface area contributed by atoms with E-state index in [1.165, 1.54) is 56.3 Å². The van der Waals surface area contributed by atoms with Crippen LogP contribution in [0.5, 0.6) is 5.88 Å². The van der Waals surface area contributed by atoms with Crippen molar-refractivity contribution in [3.63, 3.8) is 0 Å². The number of carbonyl (C=O) groups is 2. The highest BCUT2D eigenvalue weighted by Crippen LogP contribution is 2.29. The number of hydrogen-bond donors (Lipinski definition) is 3. The van der Waals surface area contributed by atoms with E-state index in [9.17, 15) is 24.2 Å². The Morgan fingerprint density at radius 2 is 1.91 bits per heavy atom. The molecule has 0 bridgehead atoms. The van der Waals surface area contributed by atoms with Crippen molar-refractivity contribution in [1.82, 2.24) is 15.1 Å². The molecule has 0 saturated heterocycles. The lowest BCUT2D eigenvalue weighted by molar-refractivity contribution is -0.137. The maximum Gasteiger partial charge on any atom is 0.305 e. The Morgan fingerprint density at radius 1 is 1.21 bits per heavy atom. The van der Waals surface area contributed by atoms with Crippen molar-refractivity contribution in [3.05, 3.63) is 75.7 Å². The van der Waals surface area contributed by atoms with E-state index >= 15 is 0 Å². The number of nitrogens with zero attached hydrogens (tertiary/aromatic N) is 2. The summed E-state index contributed by atoms with van der Waals surface area (Å²) in [6, 6.07) is 10.5. The van der Waals surface area contributed by atoms with Gasteiger partial charge in [0.05, 0.1) is 18.1 Å². The van der Waals surface area contributed by atoms with Crippen LogP contribution in [0.1, 0.15) is 42.4 Å². The molecule has 3 N–H and O–H groups in total. The average Bonchev–Trinajstić information content (AvgIpc) is 3.15. The van der Waals surface area contributed by atoms with Crippen molar-refractivity contribution in [2.45, 2.75) is 31.9 Å². The molecule has 8 nitrogen and oxygen atoms in total. The molecule has 0 saturated carbocycles. The first kappa shape index (κ1) is 25.5. The fourth-order valence-corrected chi connectivity index (χ4v) is 3.59. The Hall–Kier alpha value is -3.14. The summed E-state index contributed by atoms with van der Waals surface area (Å²) in [5.41, 5.74) is -0.983. The molecule has 0 aliphatic rings. The molecule has 1 amide bonds. The Balaban J connectivity index is 1.96. The minimum Gasteiger partial charge on any atom is -0.481 e. The molecule has 180 valence electrons. The van der Waals surface area contributed by atoms with Gasteiger partial charge in [-0.2, -0.15) is 9.78 Å². The van der Waals surface area contributed by atoms with Crippen LogP contribution in [0.25, 0.3) is 5.69 Å². The normalized spacial score (nSPS) is 12.3. The van der Waals surface area contributed by atoms with Crippen LogP contribution in [0.3, 0.4) is 0 Å². The van der Waals surface area contributed by atoms with E-state index in [1.807, 2.05) is 0 Å². The lowest BCUT2D eigenvalue weighted by Crippen LogP contribution is -2.30. The van der Waals surface area contributed by atoms with Crippen molar-refractivity contribution in [2.24, 2.45) is 0 Å². The minimum absolute atomic E-state index is 0.0108. The van der Waals surface area contributed by atoms with Crippen LogP contribution in [-0.2, 0) is 4.79 Å². The quantitative estimate of drug-likeness (QED) is 0.393. The number of amides is 1. The number of rotatable bonds is 9. The summed E-state index contributed by atoms with van der Waals surface area (Å²) in [5.74, 6) is -2.50. The van der Waals surface area contributed by atoms with Gasteiger partial charge in [-0.15, -0.1) is 0 Å². The molecule has 3 aromatic rings. The Labute approximate surface area is 204 Å². The van der Waals surface area contributed by atoms with Gasteiger partial charge in [0, 0.05) is 16.1 Å². The number of aliphatic hydroxyl groups is 1. The molecular formula is C23H22Cl2FN3O5. The van der Waals surface area contributed by atoms with Crippen molar-refractivity contribution < 1.29 is 28.9 Å². The predicted octanol–water partition coefficient (Wildman–Crippen LogP) is 4.41. The molecule has 0 fully saturated rings. The first-order valence-electron chi connectivity index (χ1n) is 10.1. The van der Waals surface area contributed by atoms with Crippen LogP contribution in [0.2, 0.25) is 10.0 Å². The summed E-state index contributed by atoms with van der Waals surface area (Å²) < 4.78 is 21.1. The molecule has 1 aromatic heterocycles. The monoisotopic (exact) mass is 509 g/mol. The topological polar surface area (TPSA) is 114 Å². The van der Waals surface area contributed by atoms with E-state index < -0.39 is 35.8 Å². The van der Waals surface area contributed by atoms with Crippen LogP contribution in [-0.4, -0.2) is 44.1 Å². The number of benzene rings is 2. The van der Waals surface area contributed by atoms with Gasteiger partial charge < -0.3 is 20.3 Å². The second-order valence-corrected chi connectivity index (χ2v) is 8.97. The zero-order chi connectivity index (χ0) is 25.0. The van der Waals surface area contributed by atoms with E-state index in [-0.39, 0.29) is 28.9 Å². The molecule has 0 aliphatic carbocycles. The van der Waals surface area contributed by atoms with Gasteiger partial charge in [0.1, 0.15) is 18.1 Å². The third kappa shape index (κ3) is 6.47. The van der Waals surface area contributed by atoms with Crippen LogP contribution < -0.4 is 10.1 Å². The maximum atomic E-state index is 14.4. The number of carboxylic acids is 1. The van der Waals surface area contributed by atoms with Gasteiger partial charge in [0.2, 0.25) is 5.88 Å². The van der Waals surface area contributed by atoms with Gasteiger partial charge in [-0.25, -0.2) is 4.39 Å². The third-order valence-electron chi connectivity index (χ3n) is 4.59. The number of hydrogen-bond acceptors (Lipinski definition) is 5. The standard InChI is InChI=1S/C23H22Cl2FN3O5/c1-23(2,33)12-34-20-10-18(28-29(20)19-6-4-3-5-16(19)26)22(32)27-17(11-21(30)31)14-8-7-13(24)9-15(14)25/h3-10,17,33H,11-12H2,1-2H3,(H,27,32)(H,30,31)/t17-/m0/s1. The molecule has 2 aromatic carbocycles. The van der Waals surface area contributed by atoms with Gasteiger partial charge in [-0.05, 0) is 43.7 Å². The van der Waals surface area contributed by atoms with Crippen LogP contribution in [0, 0.1) is 5.82 Å². The number of nitrogens with one attached hydrogen (secondary N) is 1. The molecule has 0 spiro atoms. The van der Waals surface area contributed by atoms with Crippen molar-refractivity contribution in [1.29, 1.82) is 0 Å². The van der Waals surface area contributed by atoms with E-state index in [1.54, 1.807) is 6.07 Å². The molecule has 0 radical (unpaired) electrons. The second-order valence-electron chi connectivity index (χ2n) is 8.12. The van der Waals surface area contributed by atoms with E-state index in [0.717, 1.165) is 4.68 Å². The maximum absolute atomic E-state index is 14.4. The smallest absolute Gasteiger partial charge is 0.305 e. The first-order chi connectivity index (χ1) is 15.9. The molecule has 3 rings (SSSR count). The molecule has 11 heteroatoms. The summed E-state index contributed by atoms with van der Waals surface area (Å²) in [6.07, 6.45) is -0.455. The van der Waals surface area contributed by atoms with Crippen molar-refractivity contribution in [3.8, 4) is 11.6 Å². The molecule has 1 heterocycles. The lowest BCUT2D eigenvalue weighted by atomic mass is 10.0. The molecular weight excluding hydrogens is 488 g/mol. The van der Waals surface area contributed by atoms with E-state index in [0.29, 0.717) is 10.6 Å². The number of ether oxygens (including phenoxy) is 1. The van der Waals surface area contributed by atoms with Gasteiger partial charge >= 0.3 is 5.97 Å². The Morgan fingerprint density at radius 3 is 2.53 bits per heavy atom. The highest BCUT2D eigenvalue weighted by molar-refractivity contribution is 6.35. The fourth-order valence-electron chi connectivity index (χ4n) is 3.05. The average molecular weight is 510 g/mol. The number of aromatic nitrogens is 2. The molecule has 0 unspecified atom stereocenters. The van der Waals surface area contributed by atoms with Gasteiger partial charge in [0.15, 0.2) is 5.69 Å². The lowest BCUT2D eigenvalue weighted by Gasteiger charge is -2.18. The molecule has 1 atom stereocenters. The SMILES string of the molecule is CC(C)(O)COc1cc(C(=O)N[C@@H](CC(=O)O)c2ccc(Cl)cc2Cl)nn1-c1ccccc1F. The minimum atomic E-state index is -1.20. The van der Waals surface area contributed by atoms with Crippen molar-refractivity contribution in [2.75, 3.05) is 6.61 Å². The second kappa shape index (κ2) is 10.4. The number of carboxylic acid groups (broad SMARTS) is 1. The number of para-hydroxylation sites is 1. The predicted molar refractivity (Wildman–Crippen MR) is 124 cm³/mol. The van der Waals surface area contributed by atoms with E-state index in [2.05, 4.69) is 10.4 Å². The number of aliphatic carboxylic acids is 1. The highest BCUT2D eigenvalue weighted by atomic mass is 35.5. The zero-order valence-electron chi connectivity index (χ0n) is 18.3.